The normalized spacial score (nSPS) is 14.0. The van der Waals surface area contributed by atoms with Gasteiger partial charge < -0.3 is 14.8 Å². The van der Waals surface area contributed by atoms with Crippen LogP contribution in [0.25, 0.3) is 11.1 Å². The molecule has 0 aliphatic carbocycles. The second kappa shape index (κ2) is 6.14. The zero-order valence-electron chi connectivity index (χ0n) is 12.6. The molecule has 0 unspecified atom stereocenters. The molecule has 0 saturated heterocycles. The zero-order chi connectivity index (χ0) is 15.5. The number of hydrogen-bond donors (Lipinski definition) is 2. The number of carbonyl (C=O) groups excluding carboxylic acids is 1. The Hall–Kier alpha value is -2.07. The number of amides is 1. The van der Waals surface area contributed by atoms with Crippen LogP contribution in [-0.2, 0) is 0 Å². The van der Waals surface area contributed by atoms with Crippen molar-refractivity contribution in [2.75, 3.05) is 6.54 Å². The Kier molecular flexibility index (Phi) is 4.48. The van der Waals surface area contributed by atoms with Gasteiger partial charge in [-0.3, -0.25) is 4.79 Å². The zero-order valence-corrected chi connectivity index (χ0v) is 12.6. The summed E-state index contributed by atoms with van der Waals surface area (Å²) >= 11 is 0. The maximum atomic E-state index is 12.3. The van der Waals surface area contributed by atoms with Crippen molar-refractivity contribution in [1.29, 1.82) is 0 Å². The summed E-state index contributed by atoms with van der Waals surface area (Å²) < 4.78 is 5.31. The lowest BCUT2D eigenvalue weighted by molar-refractivity contribution is 0.0139. The number of rotatable bonds is 5. The van der Waals surface area contributed by atoms with Gasteiger partial charge in [0.05, 0.1) is 11.9 Å². The molecule has 1 aromatic carbocycles. The standard InChI is InChI=1S/C17H21NO3/c1-12(2)17(3,20)11-18-16(19)15-14(9-10-21-15)13-7-5-4-6-8-13/h4-10,12,20H,11H2,1-3H3,(H,18,19)/t17-/m1/s1. The van der Waals surface area contributed by atoms with Gasteiger partial charge in [-0.2, -0.15) is 0 Å². The topological polar surface area (TPSA) is 62.5 Å². The molecule has 4 heteroatoms. The second-order valence-corrected chi connectivity index (χ2v) is 5.72. The van der Waals surface area contributed by atoms with Crippen molar-refractivity contribution in [3.8, 4) is 11.1 Å². The number of furan rings is 1. The summed E-state index contributed by atoms with van der Waals surface area (Å²) in [5, 5.41) is 12.9. The Balaban J connectivity index is 2.13. The largest absolute Gasteiger partial charge is 0.459 e. The molecule has 1 heterocycles. The molecule has 112 valence electrons. The van der Waals surface area contributed by atoms with Crippen LogP contribution in [0.3, 0.4) is 0 Å². The lowest BCUT2D eigenvalue weighted by Gasteiger charge is -2.27. The molecule has 1 amide bonds. The summed E-state index contributed by atoms with van der Waals surface area (Å²) in [7, 11) is 0. The van der Waals surface area contributed by atoms with E-state index < -0.39 is 5.60 Å². The third-order valence-electron chi connectivity index (χ3n) is 3.81. The van der Waals surface area contributed by atoms with Gasteiger partial charge >= 0.3 is 0 Å². The highest BCUT2D eigenvalue weighted by Crippen LogP contribution is 2.24. The van der Waals surface area contributed by atoms with Gasteiger partial charge in [0.2, 0.25) is 0 Å². The predicted molar refractivity (Wildman–Crippen MR) is 81.9 cm³/mol. The van der Waals surface area contributed by atoms with Gasteiger partial charge in [-0.15, -0.1) is 0 Å². The number of carbonyl (C=O) groups is 1. The quantitative estimate of drug-likeness (QED) is 0.888. The van der Waals surface area contributed by atoms with E-state index in [1.54, 1.807) is 13.0 Å². The molecule has 0 aliphatic rings. The number of hydrogen-bond acceptors (Lipinski definition) is 3. The Morgan fingerprint density at radius 2 is 1.95 bits per heavy atom. The first kappa shape index (κ1) is 15.3. The average molecular weight is 287 g/mol. The molecule has 2 aromatic rings. The van der Waals surface area contributed by atoms with Crippen LogP contribution >= 0.6 is 0 Å². The van der Waals surface area contributed by atoms with Gasteiger partial charge in [0.1, 0.15) is 0 Å². The molecule has 21 heavy (non-hydrogen) atoms. The van der Waals surface area contributed by atoms with Crippen molar-refractivity contribution in [3.05, 3.63) is 48.4 Å². The van der Waals surface area contributed by atoms with E-state index in [-0.39, 0.29) is 24.1 Å². The molecule has 0 aliphatic heterocycles. The molecular formula is C17H21NO3. The molecule has 4 nitrogen and oxygen atoms in total. The van der Waals surface area contributed by atoms with Gasteiger partial charge in [-0.1, -0.05) is 44.2 Å². The summed E-state index contributed by atoms with van der Waals surface area (Å²) in [6, 6.07) is 11.4. The van der Waals surface area contributed by atoms with E-state index in [0.29, 0.717) is 0 Å². The van der Waals surface area contributed by atoms with Crippen LogP contribution < -0.4 is 5.32 Å². The molecule has 1 atom stereocenters. The van der Waals surface area contributed by atoms with Crippen molar-refractivity contribution in [2.24, 2.45) is 5.92 Å². The maximum Gasteiger partial charge on any atom is 0.287 e. The van der Waals surface area contributed by atoms with Crippen LogP contribution in [-0.4, -0.2) is 23.2 Å². The molecule has 0 fully saturated rings. The van der Waals surface area contributed by atoms with E-state index in [9.17, 15) is 9.90 Å². The fraction of sp³-hybridized carbons (Fsp3) is 0.353. The van der Waals surface area contributed by atoms with E-state index in [1.807, 2.05) is 44.2 Å². The molecule has 0 saturated carbocycles. The number of benzene rings is 1. The summed E-state index contributed by atoms with van der Waals surface area (Å²) in [5.41, 5.74) is 0.721. The van der Waals surface area contributed by atoms with Crippen LogP contribution in [0, 0.1) is 5.92 Å². The van der Waals surface area contributed by atoms with Crippen molar-refractivity contribution >= 4 is 5.91 Å². The fourth-order valence-electron chi connectivity index (χ4n) is 1.87. The molecule has 1 aromatic heterocycles. The van der Waals surface area contributed by atoms with E-state index >= 15 is 0 Å². The van der Waals surface area contributed by atoms with Crippen LogP contribution in [0.1, 0.15) is 31.3 Å². The fourth-order valence-corrected chi connectivity index (χ4v) is 1.87. The summed E-state index contributed by atoms with van der Waals surface area (Å²) in [6.45, 7) is 5.71. The Morgan fingerprint density at radius 3 is 2.57 bits per heavy atom. The molecule has 2 N–H and O–H groups in total. The first-order chi connectivity index (χ1) is 9.92. The lowest BCUT2D eigenvalue weighted by Crippen LogP contribution is -2.44. The predicted octanol–water partition coefficient (Wildman–Crippen LogP) is 3.08. The highest BCUT2D eigenvalue weighted by atomic mass is 16.3. The highest BCUT2D eigenvalue weighted by molar-refractivity contribution is 5.98. The highest BCUT2D eigenvalue weighted by Gasteiger charge is 2.26. The van der Waals surface area contributed by atoms with Gasteiger partial charge in [0.15, 0.2) is 5.76 Å². The number of nitrogens with one attached hydrogen (secondary N) is 1. The van der Waals surface area contributed by atoms with Crippen molar-refractivity contribution < 1.29 is 14.3 Å². The third-order valence-corrected chi connectivity index (χ3v) is 3.81. The summed E-state index contributed by atoms with van der Waals surface area (Å²) in [4.78, 5) is 12.3. The maximum absolute atomic E-state index is 12.3. The first-order valence-corrected chi connectivity index (χ1v) is 7.05. The minimum absolute atomic E-state index is 0.0444. The SMILES string of the molecule is CC(C)[C@](C)(O)CNC(=O)c1occc1-c1ccccc1. The third kappa shape index (κ3) is 3.52. The van der Waals surface area contributed by atoms with E-state index in [1.165, 1.54) is 6.26 Å². The summed E-state index contributed by atoms with van der Waals surface area (Å²) in [6.07, 6.45) is 1.50. The van der Waals surface area contributed by atoms with Gasteiger partial charge in [-0.05, 0) is 24.5 Å². The van der Waals surface area contributed by atoms with Gasteiger partial charge in [0.25, 0.3) is 5.91 Å². The second-order valence-electron chi connectivity index (χ2n) is 5.72. The van der Waals surface area contributed by atoms with Crippen LogP contribution in [0.15, 0.2) is 47.1 Å². The molecule has 0 bridgehead atoms. The van der Waals surface area contributed by atoms with Crippen molar-refractivity contribution in [1.82, 2.24) is 5.32 Å². The van der Waals surface area contributed by atoms with Gasteiger partial charge in [-0.25, -0.2) is 0 Å². The van der Waals surface area contributed by atoms with Crippen LogP contribution in [0.5, 0.6) is 0 Å². The first-order valence-electron chi connectivity index (χ1n) is 7.05. The van der Waals surface area contributed by atoms with Crippen molar-refractivity contribution in [2.45, 2.75) is 26.4 Å². The van der Waals surface area contributed by atoms with E-state index in [0.717, 1.165) is 11.1 Å². The smallest absolute Gasteiger partial charge is 0.287 e. The van der Waals surface area contributed by atoms with E-state index in [2.05, 4.69) is 5.32 Å². The molecular weight excluding hydrogens is 266 g/mol. The minimum atomic E-state index is -0.949. The Labute approximate surface area is 124 Å². The molecule has 0 radical (unpaired) electrons. The van der Waals surface area contributed by atoms with Crippen LogP contribution in [0.4, 0.5) is 0 Å². The summed E-state index contributed by atoms with van der Waals surface area (Å²) in [5.74, 6) is -0.0106. The number of aliphatic hydroxyl groups is 1. The minimum Gasteiger partial charge on any atom is -0.459 e. The van der Waals surface area contributed by atoms with Crippen molar-refractivity contribution in [3.63, 3.8) is 0 Å². The van der Waals surface area contributed by atoms with Gasteiger partial charge in [0, 0.05) is 12.1 Å². The molecule has 0 spiro atoms. The van der Waals surface area contributed by atoms with Crippen LogP contribution in [0.2, 0.25) is 0 Å². The molecule has 2 rings (SSSR count). The Morgan fingerprint density at radius 1 is 1.29 bits per heavy atom. The monoisotopic (exact) mass is 287 g/mol. The average Bonchev–Trinajstić information content (AvgIpc) is 2.95. The van der Waals surface area contributed by atoms with E-state index in [4.69, 9.17) is 4.42 Å². The lowest BCUT2D eigenvalue weighted by atomic mass is 9.92. The Bertz CT molecular complexity index is 600.